The summed E-state index contributed by atoms with van der Waals surface area (Å²) in [4.78, 5) is 29.2. The predicted molar refractivity (Wildman–Crippen MR) is 138 cm³/mol. The Kier molecular flexibility index (Phi) is 7.05. The minimum Gasteiger partial charge on any atom is -0.348 e. The van der Waals surface area contributed by atoms with Crippen molar-refractivity contribution in [2.45, 2.75) is 51.6 Å². The molecule has 0 saturated heterocycles. The third-order valence-electron chi connectivity index (χ3n) is 6.13. The predicted octanol–water partition coefficient (Wildman–Crippen LogP) is 4.63. The first kappa shape index (κ1) is 24.6. The van der Waals surface area contributed by atoms with Crippen LogP contribution in [-0.2, 0) is 24.0 Å². The Morgan fingerprint density at radius 2 is 1.86 bits per heavy atom. The molecule has 2 aromatic carbocycles. The van der Waals surface area contributed by atoms with Gasteiger partial charge in [-0.15, -0.1) is 0 Å². The molecular weight excluding hydrogens is 462 g/mol. The van der Waals surface area contributed by atoms with Crippen molar-refractivity contribution in [2.75, 3.05) is 0 Å². The fourth-order valence-corrected chi connectivity index (χ4v) is 4.92. The van der Waals surface area contributed by atoms with E-state index >= 15 is 0 Å². The van der Waals surface area contributed by atoms with Gasteiger partial charge in [-0.2, -0.15) is 0 Å². The summed E-state index contributed by atoms with van der Waals surface area (Å²) in [5, 5.41) is 3.61. The average Bonchev–Trinajstić information content (AvgIpc) is 3.15. The smallest absolute Gasteiger partial charge is 0.253 e. The van der Waals surface area contributed by atoms with Crippen LogP contribution in [0, 0.1) is 13.8 Å². The molecule has 8 heteroatoms. The Morgan fingerprint density at radius 3 is 2.51 bits per heavy atom. The molecule has 7 nitrogen and oxygen atoms in total. The second kappa shape index (κ2) is 10.0. The molecule has 4 aromatic rings. The van der Waals surface area contributed by atoms with Crippen LogP contribution in [0.3, 0.4) is 0 Å². The fraction of sp³-hybridized carbons (Fsp3) is 0.259. The second-order valence-electron chi connectivity index (χ2n) is 9.06. The Bertz CT molecular complexity index is 1490. The van der Waals surface area contributed by atoms with E-state index in [1.165, 1.54) is 6.07 Å². The van der Waals surface area contributed by atoms with Gasteiger partial charge in [0.25, 0.3) is 11.5 Å². The van der Waals surface area contributed by atoms with E-state index < -0.39 is 17.0 Å². The summed E-state index contributed by atoms with van der Waals surface area (Å²) in [5.41, 5.74) is 4.83. The van der Waals surface area contributed by atoms with Gasteiger partial charge >= 0.3 is 0 Å². The maximum Gasteiger partial charge on any atom is 0.253 e. The number of nitrogens with one attached hydrogen (secondary N) is 2. The van der Waals surface area contributed by atoms with Gasteiger partial charge in [0.15, 0.2) is 11.1 Å². The van der Waals surface area contributed by atoms with E-state index in [9.17, 15) is 18.4 Å². The maximum absolute atomic E-state index is 13.4. The molecule has 0 spiro atoms. The molecule has 0 fully saturated rings. The van der Waals surface area contributed by atoms with Gasteiger partial charge in [0.2, 0.25) is 0 Å². The van der Waals surface area contributed by atoms with Crippen LogP contribution in [0.15, 0.2) is 64.4 Å². The number of H-pyrrole nitrogens is 1. The number of rotatable bonds is 7. The minimum absolute atomic E-state index is 0.0362. The molecule has 0 aliphatic carbocycles. The van der Waals surface area contributed by atoms with Crippen molar-refractivity contribution in [1.82, 2.24) is 14.9 Å². The van der Waals surface area contributed by atoms with E-state index in [1.54, 1.807) is 6.07 Å². The van der Waals surface area contributed by atoms with E-state index in [0.717, 1.165) is 33.3 Å². The highest BCUT2D eigenvalue weighted by molar-refractivity contribution is 7.79. The Labute approximate surface area is 206 Å². The molecule has 0 saturated carbocycles. The summed E-state index contributed by atoms with van der Waals surface area (Å²) < 4.78 is 23.7. The Morgan fingerprint density at radius 1 is 1.14 bits per heavy atom. The zero-order valence-electron chi connectivity index (χ0n) is 20.2. The summed E-state index contributed by atoms with van der Waals surface area (Å²) >= 11 is -2.24. The number of hydrogen-bond acceptors (Lipinski definition) is 3. The molecule has 1 amide bonds. The fourth-order valence-electron chi connectivity index (χ4n) is 4.49. The normalized spacial score (nSPS) is 12.3. The van der Waals surface area contributed by atoms with Crippen LogP contribution >= 0.6 is 0 Å². The molecule has 0 aliphatic heterocycles. The van der Waals surface area contributed by atoms with Crippen molar-refractivity contribution in [1.29, 1.82) is 0 Å². The maximum atomic E-state index is 13.4. The van der Waals surface area contributed by atoms with Crippen molar-refractivity contribution >= 4 is 27.9 Å². The number of benzene rings is 2. The van der Waals surface area contributed by atoms with Gasteiger partial charge < -0.3 is 19.4 Å². The van der Waals surface area contributed by atoms with Crippen LogP contribution in [0.4, 0.5) is 0 Å². The van der Waals surface area contributed by atoms with Gasteiger partial charge in [-0.3, -0.25) is 9.59 Å². The first-order valence-electron chi connectivity index (χ1n) is 11.5. The molecule has 4 rings (SSSR count). The van der Waals surface area contributed by atoms with Crippen molar-refractivity contribution in [3.05, 3.63) is 98.6 Å². The van der Waals surface area contributed by atoms with E-state index in [4.69, 9.17) is 0 Å². The summed E-state index contributed by atoms with van der Waals surface area (Å²) in [6, 6.07) is 15.0. The van der Waals surface area contributed by atoms with Crippen molar-refractivity contribution in [3.8, 4) is 0 Å². The average molecular weight is 492 g/mol. The Balaban J connectivity index is 1.71. The van der Waals surface area contributed by atoms with Gasteiger partial charge in [-0.1, -0.05) is 30.3 Å². The molecule has 3 N–H and O–H groups in total. The van der Waals surface area contributed by atoms with Gasteiger partial charge in [0, 0.05) is 35.4 Å². The Hall–Kier alpha value is -3.49. The molecular formula is C27H29N3O4S. The number of hydrogen-bond donors (Lipinski definition) is 3. The molecule has 0 aliphatic rings. The lowest BCUT2D eigenvalue weighted by Crippen LogP contribution is -2.28. The van der Waals surface area contributed by atoms with Crippen molar-refractivity contribution in [3.63, 3.8) is 0 Å². The standard InChI is InChI=1S/C27H29N3O4S/c1-16(2)30-15-17(3)25-22(12-21(35(33)34)13-24(25)30)26(31)28-14-23-20(10-18(4)29-27(23)32)11-19-8-6-5-7-9-19/h5-10,12-13,15-16H,11,14H2,1-4H3,(H,28,31)(H,29,32)(H,33,34). The van der Waals surface area contributed by atoms with Crippen LogP contribution in [0.25, 0.3) is 10.9 Å². The van der Waals surface area contributed by atoms with Crippen LogP contribution < -0.4 is 10.9 Å². The monoisotopic (exact) mass is 491 g/mol. The van der Waals surface area contributed by atoms with E-state index in [2.05, 4.69) is 10.3 Å². The van der Waals surface area contributed by atoms with E-state index in [-0.39, 0.29) is 23.0 Å². The van der Waals surface area contributed by atoms with Crippen LogP contribution in [0.1, 0.15) is 58.2 Å². The highest BCUT2D eigenvalue weighted by atomic mass is 32.2. The minimum atomic E-state index is -2.24. The number of carbonyl (C=O) groups is 1. The first-order chi connectivity index (χ1) is 16.7. The summed E-state index contributed by atoms with van der Waals surface area (Å²) in [5.74, 6) is -0.405. The lowest BCUT2D eigenvalue weighted by molar-refractivity contribution is 0.0952. The number of carbonyl (C=O) groups excluding carboxylic acids is 1. The molecule has 0 radical (unpaired) electrons. The lowest BCUT2D eigenvalue weighted by atomic mass is 10.00. The quantitative estimate of drug-likeness (QED) is 0.328. The summed E-state index contributed by atoms with van der Waals surface area (Å²) in [6.07, 6.45) is 2.51. The third-order valence-corrected chi connectivity index (χ3v) is 6.76. The molecule has 0 bridgehead atoms. The molecule has 1 atom stereocenters. The molecule has 35 heavy (non-hydrogen) atoms. The van der Waals surface area contributed by atoms with E-state index in [0.29, 0.717) is 17.5 Å². The third kappa shape index (κ3) is 5.13. The molecule has 1 unspecified atom stereocenters. The van der Waals surface area contributed by atoms with Gasteiger partial charge in [-0.05, 0) is 69.0 Å². The summed E-state index contributed by atoms with van der Waals surface area (Å²) in [7, 11) is 0. The topological polar surface area (TPSA) is 104 Å². The highest BCUT2D eigenvalue weighted by Crippen LogP contribution is 2.30. The van der Waals surface area contributed by atoms with Gasteiger partial charge in [-0.25, -0.2) is 4.21 Å². The largest absolute Gasteiger partial charge is 0.348 e. The molecule has 182 valence electrons. The summed E-state index contributed by atoms with van der Waals surface area (Å²) in [6.45, 7) is 7.81. The number of aryl methyl sites for hydroxylation is 2. The number of aromatic amines is 1. The zero-order chi connectivity index (χ0) is 25.3. The van der Waals surface area contributed by atoms with Gasteiger partial charge in [0.1, 0.15) is 0 Å². The first-order valence-corrected chi connectivity index (χ1v) is 12.6. The van der Waals surface area contributed by atoms with Crippen LogP contribution in [-0.4, -0.2) is 24.2 Å². The SMILES string of the molecule is Cc1cc(Cc2ccccc2)c(CNC(=O)c2cc(S(=O)O)cc3c2c(C)cn3C(C)C)c(=O)[nH]1. The number of aromatic nitrogens is 2. The number of pyridine rings is 1. The van der Waals surface area contributed by atoms with Crippen molar-refractivity contribution in [2.24, 2.45) is 0 Å². The van der Waals surface area contributed by atoms with Gasteiger partial charge in [0.05, 0.1) is 16.0 Å². The number of fused-ring (bicyclic) bond motifs is 1. The number of nitrogens with zero attached hydrogens (tertiary/aromatic N) is 1. The van der Waals surface area contributed by atoms with E-state index in [1.807, 2.05) is 74.9 Å². The lowest BCUT2D eigenvalue weighted by Gasteiger charge is -2.14. The van der Waals surface area contributed by atoms with Crippen LogP contribution in [0.2, 0.25) is 0 Å². The second-order valence-corrected chi connectivity index (χ2v) is 10.0. The highest BCUT2D eigenvalue weighted by Gasteiger charge is 2.20. The van der Waals surface area contributed by atoms with Crippen LogP contribution in [0.5, 0.6) is 0 Å². The molecule has 2 heterocycles. The molecule has 2 aromatic heterocycles. The number of amides is 1. The van der Waals surface area contributed by atoms with Crippen molar-refractivity contribution < 1.29 is 13.6 Å². The zero-order valence-corrected chi connectivity index (χ0v) is 21.0.